The second-order valence-electron chi connectivity index (χ2n) is 9.00. The SMILES string of the molecule is CC(OC(=O)OC1CCCCC1)N(C(=O)c1ccc(C(F)(F)F)nc1COCc1nnn(C)n1)c1nnnn1C. The maximum absolute atomic E-state index is 13.8. The van der Waals surface area contributed by atoms with Gasteiger partial charge in [0.2, 0.25) is 0 Å². The van der Waals surface area contributed by atoms with Gasteiger partial charge < -0.3 is 14.2 Å². The highest BCUT2D eigenvalue weighted by molar-refractivity contribution is 6.06. The van der Waals surface area contributed by atoms with Crippen molar-refractivity contribution in [2.45, 2.75) is 70.7 Å². The van der Waals surface area contributed by atoms with Crippen molar-refractivity contribution in [2.75, 3.05) is 4.90 Å². The van der Waals surface area contributed by atoms with Gasteiger partial charge in [0, 0.05) is 7.05 Å². The van der Waals surface area contributed by atoms with Crippen molar-refractivity contribution >= 4 is 18.0 Å². The number of carbonyl (C=O) groups excluding carboxylic acids is 2. The fourth-order valence-corrected chi connectivity index (χ4v) is 4.10. The van der Waals surface area contributed by atoms with Gasteiger partial charge >= 0.3 is 12.3 Å². The molecule has 40 heavy (non-hydrogen) atoms. The number of rotatable bonds is 9. The summed E-state index contributed by atoms with van der Waals surface area (Å²) in [5.74, 6) is -0.862. The molecule has 0 N–H and O–H groups in total. The number of alkyl halides is 3. The molecule has 1 fully saturated rings. The Morgan fingerprint density at radius 1 is 1.10 bits per heavy atom. The Morgan fingerprint density at radius 2 is 1.85 bits per heavy atom. The predicted molar refractivity (Wildman–Crippen MR) is 126 cm³/mol. The van der Waals surface area contributed by atoms with Crippen molar-refractivity contribution < 1.29 is 37.0 Å². The number of amides is 1. The molecule has 18 heteroatoms. The van der Waals surface area contributed by atoms with Crippen LogP contribution < -0.4 is 4.90 Å². The fraction of sp³-hybridized carbons (Fsp3) is 0.591. The number of carbonyl (C=O) groups is 2. The molecule has 1 amide bonds. The molecule has 3 aromatic heterocycles. The Kier molecular flexibility index (Phi) is 8.86. The number of hydrogen-bond acceptors (Lipinski definition) is 12. The Hall–Kier alpha value is -4.22. The molecule has 0 spiro atoms. The van der Waals surface area contributed by atoms with Crippen molar-refractivity contribution in [1.82, 2.24) is 45.4 Å². The number of hydrogen-bond donors (Lipinski definition) is 0. The number of aryl methyl sites for hydroxylation is 2. The van der Waals surface area contributed by atoms with E-state index in [0.717, 1.165) is 34.9 Å². The summed E-state index contributed by atoms with van der Waals surface area (Å²) in [5, 5.41) is 22.4. The summed E-state index contributed by atoms with van der Waals surface area (Å²) in [6.45, 7) is 0.665. The van der Waals surface area contributed by atoms with Crippen molar-refractivity contribution in [3.05, 3.63) is 34.9 Å². The van der Waals surface area contributed by atoms with Crippen LogP contribution in [-0.4, -0.2) is 69.8 Å². The van der Waals surface area contributed by atoms with Crippen molar-refractivity contribution in [3.8, 4) is 0 Å². The second kappa shape index (κ2) is 12.3. The van der Waals surface area contributed by atoms with Crippen LogP contribution in [0.4, 0.5) is 23.9 Å². The quantitative estimate of drug-likeness (QED) is 0.274. The minimum absolute atomic E-state index is 0.140. The number of tetrazole rings is 2. The topological polar surface area (TPSA) is 165 Å². The van der Waals surface area contributed by atoms with Gasteiger partial charge in [-0.2, -0.15) is 18.0 Å². The van der Waals surface area contributed by atoms with Crippen molar-refractivity contribution in [3.63, 3.8) is 0 Å². The maximum atomic E-state index is 13.8. The summed E-state index contributed by atoms with van der Waals surface area (Å²) >= 11 is 0. The van der Waals surface area contributed by atoms with Gasteiger partial charge in [-0.15, -0.1) is 10.2 Å². The summed E-state index contributed by atoms with van der Waals surface area (Å²) in [5.41, 5.74) is -1.83. The van der Waals surface area contributed by atoms with Crippen LogP contribution in [0.3, 0.4) is 0 Å². The van der Waals surface area contributed by atoms with E-state index in [0.29, 0.717) is 18.9 Å². The van der Waals surface area contributed by atoms with Crippen LogP contribution in [0.25, 0.3) is 0 Å². The van der Waals surface area contributed by atoms with Gasteiger partial charge in [-0.3, -0.25) is 4.79 Å². The smallest absolute Gasteiger partial charge is 0.431 e. The summed E-state index contributed by atoms with van der Waals surface area (Å²) < 4.78 is 57.7. The first-order valence-electron chi connectivity index (χ1n) is 12.3. The average Bonchev–Trinajstić information content (AvgIpc) is 3.51. The molecule has 0 radical (unpaired) electrons. The van der Waals surface area contributed by atoms with Gasteiger partial charge in [0.1, 0.15) is 18.4 Å². The highest BCUT2D eigenvalue weighted by Gasteiger charge is 2.36. The van der Waals surface area contributed by atoms with E-state index < -0.39 is 36.8 Å². The molecule has 3 aromatic rings. The lowest BCUT2D eigenvalue weighted by molar-refractivity contribution is -0.141. The first kappa shape index (κ1) is 28.8. The summed E-state index contributed by atoms with van der Waals surface area (Å²) in [4.78, 5) is 32.1. The standard InChI is InChI=1S/C22H27F3N10O5/c1-13(39-21(37)40-14-7-5-4-6-8-14)35(20-28-30-32-33(20)2)19(36)15-9-10-17(22(23,24)25)26-16(15)11-38-12-18-27-31-34(3)29-18/h9-10,13-14H,4-8,11-12H2,1-3H3. The molecule has 0 saturated heterocycles. The van der Waals surface area contributed by atoms with E-state index in [4.69, 9.17) is 14.2 Å². The molecular weight excluding hydrogens is 541 g/mol. The third kappa shape index (κ3) is 7.04. The highest BCUT2D eigenvalue weighted by Crippen LogP contribution is 2.29. The van der Waals surface area contributed by atoms with E-state index in [9.17, 15) is 22.8 Å². The molecule has 1 atom stereocenters. The molecule has 4 rings (SSSR count). The lowest BCUT2D eigenvalue weighted by atomic mass is 9.98. The highest BCUT2D eigenvalue weighted by atomic mass is 19.4. The van der Waals surface area contributed by atoms with Gasteiger partial charge in [-0.25, -0.2) is 19.4 Å². The van der Waals surface area contributed by atoms with E-state index in [2.05, 4.69) is 35.9 Å². The van der Waals surface area contributed by atoms with Gasteiger partial charge in [0.05, 0.1) is 24.9 Å². The normalized spacial score (nSPS) is 15.1. The van der Waals surface area contributed by atoms with E-state index in [1.165, 1.54) is 25.8 Å². The number of nitrogens with zero attached hydrogens (tertiary/aromatic N) is 10. The zero-order chi connectivity index (χ0) is 28.9. The maximum Gasteiger partial charge on any atom is 0.510 e. The van der Waals surface area contributed by atoms with Crippen LogP contribution in [0, 0.1) is 0 Å². The first-order chi connectivity index (χ1) is 19.0. The Morgan fingerprint density at radius 3 is 2.48 bits per heavy atom. The predicted octanol–water partition coefficient (Wildman–Crippen LogP) is 2.34. The molecule has 1 aliphatic carbocycles. The van der Waals surface area contributed by atoms with Gasteiger partial charge in [0.15, 0.2) is 12.1 Å². The zero-order valence-corrected chi connectivity index (χ0v) is 21.9. The lowest BCUT2D eigenvalue weighted by Crippen LogP contribution is -2.44. The third-order valence-corrected chi connectivity index (χ3v) is 5.99. The summed E-state index contributed by atoms with van der Waals surface area (Å²) in [7, 11) is 2.97. The number of ether oxygens (including phenoxy) is 3. The van der Waals surface area contributed by atoms with Crippen LogP contribution in [0.2, 0.25) is 0 Å². The average molecular weight is 569 g/mol. The monoisotopic (exact) mass is 568 g/mol. The Labute approximate surface area is 225 Å². The molecule has 216 valence electrons. The summed E-state index contributed by atoms with van der Waals surface area (Å²) in [6, 6.07) is 1.62. The molecular formula is C22H27F3N10O5. The fourth-order valence-electron chi connectivity index (χ4n) is 4.10. The number of aromatic nitrogens is 9. The largest absolute Gasteiger partial charge is 0.510 e. The molecule has 0 aromatic carbocycles. The molecule has 3 heterocycles. The number of anilines is 1. The lowest BCUT2D eigenvalue weighted by Gasteiger charge is -2.28. The van der Waals surface area contributed by atoms with Gasteiger partial charge in [-0.05, 0) is 60.4 Å². The zero-order valence-electron chi connectivity index (χ0n) is 21.9. The van der Waals surface area contributed by atoms with E-state index in [-0.39, 0.29) is 35.7 Å². The molecule has 15 nitrogen and oxygen atoms in total. The van der Waals surface area contributed by atoms with Gasteiger partial charge in [0.25, 0.3) is 11.9 Å². The van der Waals surface area contributed by atoms with E-state index in [1.54, 1.807) is 0 Å². The molecule has 1 unspecified atom stereocenters. The van der Waals surface area contributed by atoms with E-state index >= 15 is 0 Å². The van der Waals surface area contributed by atoms with E-state index in [1.807, 2.05) is 0 Å². The van der Waals surface area contributed by atoms with Crippen LogP contribution >= 0.6 is 0 Å². The van der Waals surface area contributed by atoms with Crippen LogP contribution in [0.15, 0.2) is 12.1 Å². The van der Waals surface area contributed by atoms with Crippen molar-refractivity contribution in [1.29, 1.82) is 0 Å². The Bertz CT molecular complexity index is 1320. The van der Waals surface area contributed by atoms with Crippen molar-refractivity contribution in [2.24, 2.45) is 14.1 Å². The molecule has 1 saturated carbocycles. The minimum atomic E-state index is -4.78. The first-order valence-corrected chi connectivity index (χ1v) is 12.3. The Balaban J connectivity index is 1.60. The summed E-state index contributed by atoms with van der Waals surface area (Å²) in [6.07, 6.45) is -3.12. The molecule has 1 aliphatic rings. The van der Waals surface area contributed by atoms with Crippen LogP contribution in [0.1, 0.15) is 66.6 Å². The van der Waals surface area contributed by atoms with Crippen LogP contribution in [-0.2, 0) is 47.7 Å². The second-order valence-corrected chi connectivity index (χ2v) is 9.00. The third-order valence-electron chi connectivity index (χ3n) is 5.99. The number of halogens is 3. The number of pyridine rings is 1. The van der Waals surface area contributed by atoms with Gasteiger partial charge in [-0.1, -0.05) is 11.5 Å². The molecule has 0 aliphatic heterocycles. The minimum Gasteiger partial charge on any atom is -0.431 e. The molecule has 0 bridgehead atoms. The van der Waals surface area contributed by atoms with Crippen LogP contribution in [0.5, 0.6) is 0 Å².